The molecule has 14 unspecified atom stereocenters. The van der Waals surface area contributed by atoms with Gasteiger partial charge in [-0.05, 0) is 120 Å². The molecule has 3 aliphatic rings. The molecule has 0 aromatic carbocycles. The molecule has 4 N–H and O–H groups in total. The summed E-state index contributed by atoms with van der Waals surface area (Å²) in [5.74, 6) is -2.76. The Morgan fingerprint density at radius 3 is 0.909 bits per heavy atom. The predicted octanol–water partition coefficient (Wildman–Crippen LogP) is 6.68. The van der Waals surface area contributed by atoms with Gasteiger partial charge in [-0.2, -0.15) is 15.2 Å². The van der Waals surface area contributed by atoms with Gasteiger partial charge in [0.25, 0.3) is 0 Å². The Morgan fingerprint density at radius 2 is 0.727 bits per heavy atom. The lowest BCUT2D eigenvalue weighted by molar-refractivity contribution is -0.332. The highest BCUT2D eigenvalue weighted by Gasteiger charge is 2.57. The van der Waals surface area contributed by atoms with Crippen LogP contribution >= 0.6 is 0 Å². The molecule has 3 fully saturated rings. The third kappa shape index (κ3) is 11.4. The van der Waals surface area contributed by atoms with E-state index >= 15 is 0 Å². The van der Waals surface area contributed by atoms with Crippen molar-refractivity contribution in [3.63, 3.8) is 0 Å². The standard InChI is InChI=1S/C50H93N3O13/c1-19-44(13)25-38(55)32(7)47(16,22-4)51(44)64-35(10)41(58)61-29-50(28-54,30-62-42(59)36(11)65-52-45(14,20-2)26-39(56)33(8)48(52,17)23-5)31-63-43(60)37(12)66-53-46(15,21-3)27-40(57)34(9)49(53,18)24-6/h32-40,54-57H,19-31H2,1-18H3/t32?,33?,34?,35?,36?,37?,38?,39?,40?,44-,45?,46?,47?,48?,49?,50?/m1/s1. The van der Waals surface area contributed by atoms with E-state index in [0.717, 1.165) is 0 Å². The molecule has 0 aromatic heterocycles. The highest BCUT2D eigenvalue weighted by molar-refractivity contribution is 5.75. The second kappa shape index (κ2) is 22.4. The third-order valence-corrected chi connectivity index (χ3v) is 17.6. The van der Waals surface area contributed by atoms with Crippen LogP contribution in [0.15, 0.2) is 0 Å². The number of hydrogen-bond donors (Lipinski definition) is 4. The van der Waals surface area contributed by atoms with E-state index < -0.39 is 120 Å². The van der Waals surface area contributed by atoms with Crippen molar-refractivity contribution in [1.29, 1.82) is 0 Å². The zero-order valence-corrected chi connectivity index (χ0v) is 44.2. The summed E-state index contributed by atoms with van der Waals surface area (Å²) in [6, 6.07) is 0. The molecule has 3 rings (SSSR count). The molecule has 3 aliphatic heterocycles. The van der Waals surface area contributed by atoms with Crippen LogP contribution in [0.1, 0.15) is 182 Å². The number of rotatable bonds is 22. The van der Waals surface area contributed by atoms with Crippen molar-refractivity contribution in [2.45, 2.75) is 252 Å². The lowest BCUT2D eigenvalue weighted by Crippen LogP contribution is -2.68. The minimum absolute atomic E-state index is 0.165. The summed E-state index contributed by atoms with van der Waals surface area (Å²) in [5.41, 5.74) is -5.25. The first-order chi connectivity index (χ1) is 30.5. The van der Waals surface area contributed by atoms with Gasteiger partial charge in [-0.3, -0.25) is 14.5 Å². The molecule has 15 atom stereocenters. The van der Waals surface area contributed by atoms with Crippen LogP contribution in [0.2, 0.25) is 0 Å². The summed E-state index contributed by atoms with van der Waals surface area (Å²) in [5, 5.41) is 49.8. The van der Waals surface area contributed by atoms with Gasteiger partial charge in [-0.15, -0.1) is 0 Å². The number of carbonyl (C=O) groups is 3. The number of aliphatic hydroxyl groups is 4. The Hall–Kier alpha value is -1.99. The maximum atomic E-state index is 13.9. The molecule has 386 valence electrons. The van der Waals surface area contributed by atoms with E-state index in [2.05, 4.69) is 0 Å². The second-order valence-electron chi connectivity index (χ2n) is 22.0. The van der Waals surface area contributed by atoms with Gasteiger partial charge in [0.1, 0.15) is 19.8 Å². The van der Waals surface area contributed by atoms with Crippen LogP contribution in [-0.4, -0.2) is 150 Å². The van der Waals surface area contributed by atoms with Gasteiger partial charge >= 0.3 is 17.9 Å². The molecule has 66 heavy (non-hydrogen) atoms. The molecular formula is C50H93N3O13. The lowest BCUT2D eigenvalue weighted by atomic mass is 9.69. The fourth-order valence-electron chi connectivity index (χ4n) is 10.7. The van der Waals surface area contributed by atoms with Crippen LogP contribution in [0.3, 0.4) is 0 Å². The van der Waals surface area contributed by atoms with Crippen LogP contribution < -0.4 is 0 Å². The average Bonchev–Trinajstić information content (AvgIpc) is 3.30. The quantitative estimate of drug-likeness (QED) is 0.0662. The predicted molar refractivity (Wildman–Crippen MR) is 251 cm³/mol. The van der Waals surface area contributed by atoms with Crippen molar-refractivity contribution >= 4 is 17.9 Å². The van der Waals surface area contributed by atoms with Gasteiger partial charge in [0, 0.05) is 51.0 Å². The van der Waals surface area contributed by atoms with Crippen LogP contribution in [0.5, 0.6) is 0 Å². The summed E-state index contributed by atoms with van der Waals surface area (Å²) >= 11 is 0. The largest absolute Gasteiger partial charge is 0.463 e. The minimum atomic E-state index is -1.63. The molecule has 0 radical (unpaired) electrons. The highest BCUT2D eigenvalue weighted by Crippen LogP contribution is 2.49. The Bertz CT molecular complexity index is 1450. The summed E-state index contributed by atoms with van der Waals surface area (Å²) in [4.78, 5) is 61.1. The van der Waals surface area contributed by atoms with Crippen molar-refractivity contribution in [3.8, 4) is 0 Å². The van der Waals surface area contributed by atoms with Crippen LogP contribution in [0, 0.1) is 23.2 Å². The Morgan fingerprint density at radius 1 is 0.500 bits per heavy atom. The maximum Gasteiger partial charge on any atom is 0.337 e. The molecule has 16 heteroatoms. The van der Waals surface area contributed by atoms with Crippen molar-refractivity contribution < 1.29 is 63.5 Å². The summed E-state index contributed by atoms with van der Waals surface area (Å²) in [6.45, 7) is 32.6. The second-order valence-corrected chi connectivity index (χ2v) is 22.0. The van der Waals surface area contributed by atoms with E-state index in [1.165, 1.54) is 0 Å². The van der Waals surface area contributed by atoms with Crippen LogP contribution in [-0.2, 0) is 43.1 Å². The zero-order valence-electron chi connectivity index (χ0n) is 44.2. The third-order valence-electron chi connectivity index (χ3n) is 17.6. The highest BCUT2D eigenvalue weighted by atomic mass is 16.7. The molecule has 0 spiro atoms. The van der Waals surface area contributed by atoms with E-state index in [1.54, 1.807) is 20.8 Å². The maximum absolute atomic E-state index is 13.9. The molecule has 0 aromatic rings. The van der Waals surface area contributed by atoms with Gasteiger partial charge in [-0.1, -0.05) is 62.3 Å². The molecule has 0 aliphatic carbocycles. The number of nitrogens with zero attached hydrogens (tertiary/aromatic N) is 3. The molecule has 0 bridgehead atoms. The van der Waals surface area contributed by atoms with Gasteiger partial charge in [0.05, 0.1) is 30.3 Å². The normalized spacial score (nSPS) is 39.4. The number of hydroxylamine groups is 6. The number of esters is 3. The topological polar surface area (TPSA) is 197 Å². The van der Waals surface area contributed by atoms with Crippen molar-refractivity contribution in [2.75, 3.05) is 26.4 Å². The van der Waals surface area contributed by atoms with E-state index in [-0.39, 0.29) is 17.8 Å². The monoisotopic (exact) mass is 944 g/mol. The van der Waals surface area contributed by atoms with Crippen molar-refractivity contribution in [2.24, 2.45) is 23.2 Å². The number of hydrogen-bond acceptors (Lipinski definition) is 16. The molecule has 3 heterocycles. The molecule has 0 saturated carbocycles. The Balaban J connectivity index is 1.91. The number of ether oxygens (including phenoxy) is 3. The first-order valence-electron chi connectivity index (χ1n) is 25.0. The molecule has 3 saturated heterocycles. The van der Waals surface area contributed by atoms with E-state index in [9.17, 15) is 34.8 Å². The van der Waals surface area contributed by atoms with Crippen molar-refractivity contribution in [3.05, 3.63) is 0 Å². The first kappa shape index (κ1) is 58.3. The summed E-state index contributed by atoms with van der Waals surface area (Å²) < 4.78 is 17.7. The number of piperidine rings is 3. The Labute approximate surface area is 397 Å². The Kier molecular flexibility index (Phi) is 19.8. The van der Waals surface area contributed by atoms with Crippen LogP contribution in [0.4, 0.5) is 0 Å². The van der Waals surface area contributed by atoms with E-state index in [4.69, 9.17) is 28.7 Å². The van der Waals surface area contributed by atoms with Gasteiger partial charge in [-0.25, -0.2) is 14.4 Å². The number of carbonyl (C=O) groups excluding carboxylic acids is 3. The van der Waals surface area contributed by atoms with E-state index in [1.807, 2.05) is 119 Å². The molecule has 16 nitrogen and oxygen atoms in total. The number of aliphatic hydroxyl groups excluding tert-OH is 4. The molecule has 0 amide bonds. The lowest BCUT2D eigenvalue weighted by Gasteiger charge is -2.58. The fraction of sp³-hybridized carbons (Fsp3) is 0.940. The molecular weight excluding hydrogens is 851 g/mol. The summed E-state index contributed by atoms with van der Waals surface area (Å²) in [7, 11) is 0. The zero-order chi connectivity index (χ0) is 50.6. The summed E-state index contributed by atoms with van der Waals surface area (Å²) in [6.07, 6.45) is 0.124. The van der Waals surface area contributed by atoms with Gasteiger partial charge in [0.15, 0.2) is 18.3 Å². The smallest absolute Gasteiger partial charge is 0.337 e. The first-order valence-corrected chi connectivity index (χ1v) is 25.0. The van der Waals surface area contributed by atoms with Crippen LogP contribution in [0.25, 0.3) is 0 Å². The van der Waals surface area contributed by atoms with Gasteiger partial charge in [0.2, 0.25) is 0 Å². The minimum Gasteiger partial charge on any atom is -0.463 e. The van der Waals surface area contributed by atoms with Gasteiger partial charge < -0.3 is 34.6 Å². The van der Waals surface area contributed by atoms with Crippen molar-refractivity contribution in [1.82, 2.24) is 15.2 Å². The van der Waals surface area contributed by atoms with E-state index in [0.29, 0.717) is 57.8 Å². The average molecular weight is 944 g/mol. The fourth-order valence-corrected chi connectivity index (χ4v) is 10.7. The SMILES string of the molecule is CCC1(C)CC(O)C(C)C(C)(CC)N1OC(C)C(=O)OCC(CO)(COC(=O)C(C)ON1C(C)(CC)CC(O)C(C)C1(C)CC)COC(=O)C(C)ON1C(C)(CC)C(C)C(O)C[C@@]1(C)CC.